The number of likely N-dealkylation sites (tertiary alicyclic amines) is 1. The van der Waals surface area contributed by atoms with Crippen LogP contribution in [-0.2, 0) is 25.8 Å². The molecule has 11 heteroatoms. The fourth-order valence-electron chi connectivity index (χ4n) is 7.02. The van der Waals surface area contributed by atoms with E-state index >= 15 is 0 Å². The van der Waals surface area contributed by atoms with Crippen LogP contribution in [-0.4, -0.2) is 90.0 Å². The summed E-state index contributed by atoms with van der Waals surface area (Å²) >= 11 is 1.63. The fraction of sp³-hybridized carbons (Fsp3) is 0.567. The minimum Gasteiger partial charge on any atom is -0.461 e. The van der Waals surface area contributed by atoms with E-state index in [4.69, 9.17) is 4.74 Å². The molecule has 1 aromatic heterocycles. The number of fused-ring (bicyclic) bond motifs is 2. The summed E-state index contributed by atoms with van der Waals surface area (Å²) in [6.45, 7) is 10.7. The maximum Gasteiger partial charge on any atom is 0.311 e. The van der Waals surface area contributed by atoms with Gasteiger partial charge >= 0.3 is 5.97 Å². The molecule has 3 saturated heterocycles. The molecule has 1 spiro atoms. The lowest BCUT2D eigenvalue weighted by atomic mass is 9.66. The Balaban J connectivity index is 1.49. The van der Waals surface area contributed by atoms with Crippen LogP contribution in [0.3, 0.4) is 0 Å². The number of unbranched alkanes of at least 4 members (excludes halogenated alkanes) is 3. The van der Waals surface area contributed by atoms with Gasteiger partial charge in [0.25, 0.3) is 0 Å². The Hall–Kier alpha value is -3.18. The normalized spacial score (nSPS) is 28.2. The van der Waals surface area contributed by atoms with Crippen LogP contribution in [0.1, 0.15) is 39.0 Å². The first-order chi connectivity index (χ1) is 19.9. The van der Waals surface area contributed by atoms with E-state index in [0.29, 0.717) is 19.4 Å². The topological polar surface area (TPSA) is 118 Å². The molecule has 1 N–H and O–H groups in total. The third-order valence-electron chi connectivity index (χ3n) is 8.79. The molecular weight excluding hydrogens is 542 g/mol. The second-order valence-electron chi connectivity index (χ2n) is 11.2. The largest absolute Gasteiger partial charge is 0.461 e. The Morgan fingerprint density at radius 3 is 2.76 bits per heavy atom. The van der Waals surface area contributed by atoms with Gasteiger partial charge in [-0.05, 0) is 37.3 Å². The van der Waals surface area contributed by atoms with E-state index in [0.717, 1.165) is 30.3 Å². The van der Waals surface area contributed by atoms with Crippen LogP contribution < -0.4 is 0 Å². The van der Waals surface area contributed by atoms with Gasteiger partial charge in [-0.15, -0.1) is 23.4 Å². The first-order valence-corrected chi connectivity index (χ1v) is 15.3. The van der Waals surface area contributed by atoms with Gasteiger partial charge in [-0.3, -0.25) is 14.4 Å². The zero-order chi connectivity index (χ0) is 29.1. The first-order valence-electron chi connectivity index (χ1n) is 14.4. The smallest absolute Gasteiger partial charge is 0.311 e. The van der Waals surface area contributed by atoms with Gasteiger partial charge in [-0.25, -0.2) is 4.68 Å². The number of thioether (sulfide) groups is 1. The lowest BCUT2D eigenvalue weighted by molar-refractivity contribution is -0.153. The van der Waals surface area contributed by atoms with E-state index < -0.39 is 22.6 Å². The molecule has 10 nitrogen and oxygen atoms in total. The summed E-state index contributed by atoms with van der Waals surface area (Å²) in [5.41, 5.74) is 1.54. The molecule has 4 heterocycles. The van der Waals surface area contributed by atoms with Gasteiger partial charge in [0.15, 0.2) is 0 Å². The van der Waals surface area contributed by atoms with Crippen LogP contribution in [0, 0.1) is 17.8 Å². The van der Waals surface area contributed by atoms with Crippen molar-refractivity contribution in [2.24, 2.45) is 17.8 Å². The molecule has 6 atom stereocenters. The lowest BCUT2D eigenvalue weighted by Crippen LogP contribution is -2.57. The minimum atomic E-state index is -0.731. The summed E-state index contributed by atoms with van der Waals surface area (Å²) in [6, 6.07) is 6.85. The van der Waals surface area contributed by atoms with Gasteiger partial charge in [0.2, 0.25) is 11.8 Å². The van der Waals surface area contributed by atoms with Crippen LogP contribution in [0.4, 0.5) is 0 Å². The van der Waals surface area contributed by atoms with Crippen LogP contribution in [0.25, 0.3) is 11.0 Å². The molecule has 3 aliphatic heterocycles. The van der Waals surface area contributed by atoms with Crippen LogP contribution in [0.2, 0.25) is 0 Å². The second kappa shape index (κ2) is 12.4. The van der Waals surface area contributed by atoms with Gasteiger partial charge in [0.1, 0.15) is 24.8 Å². The average molecular weight is 582 g/mol. The monoisotopic (exact) mass is 581 g/mol. The molecule has 3 unspecified atom stereocenters. The number of hydrogen-bond donors (Lipinski definition) is 1. The third-order valence-corrected chi connectivity index (χ3v) is 10.9. The first kappa shape index (κ1) is 29.3. The minimum absolute atomic E-state index is 0.0565. The number of nitrogens with zero attached hydrogens (tertiary/aromatic N) is 5. The van der Waals surface area contributed by atoms with Crippen molar-refractivity contribution in [1.29, 1.82) is 0 Å². The number of para-hydroxylation sites is 1. The number of rotatable bonds is 14. The molecule has 3 aliphatic rings. The molecule has 220 valence electrons. The molecular formula is C30H39N5O5S. The Morgan fingerprint density at radius 1 is 1.22 bits per heavy atom. The second-order valence-corrected chi connectivity index (χ2v) is 12.8. The number of aliphatic hydroxyl groups is 1. The predicted molar refractivity (Wildman–Crippen MR) is 157 cm³/mol. The summed E-state index contributed by atoms with van der Waals surface area (Å²) in [7, 11) is 0. The number of carbonyl (C=O) groups excluding carboxylic acids is 3. The maximum absolute atomic E-state index is 14.7. The Morgan fingerprint density at radius 2 is 2.00 bits per heavy atom. The zero-order valence-electron chi connectivity index (χ0n) is 23.6. The summed E-state index contributed by atoms with van der Waals surface area (Å²) in [4.78, 5) is 45.6. The quantitative estimate of drug-likeness (QED) is 0.206. The van der Waals surface area contributed by atoms with E-state index in [1.54, 1.807) is 32.3 Å². The standard InChI is InChI=1S/C30H39N5O5S/c1-4-14-33(19-35-22-13-9-8-12-21(22)31-32-35)28(38)26-30-20(3)18-23(41-30)24(29(39)40-17-5-2)25(30)27(37)34(26)15-10-6-7-11-16-36/h4-5,8-9,12-13,20,23-26,36H,1-2,6-7,10-11,14-19H2,3H3/t20?,23-,24+,25+,26?,30?/m1/s1. The molecule has 5 rings (SSSR count). The lowest BCUT2D eigenvalue weighted by Gasteiger charge is -2.40. The van der Waals surface area contributed by atoms with Crippen LogP contribution in [0.5, 0.6) is 0 Å². The van der Waals surface area contributed by atoms with Gasteiger partial charge in [0.05, 0.1) is 22.1 Å². The molecule has 2 amide bonds. The number of amides is 2. The van der Waals surface area contributed by atoms with E-state index in [1.165, 1.54) is 6.08 Å². The number of aliphatic hydroxyl groups excluding tert-OH is 1. The van der Waals surface area contributed by atoms with Crippen molar-refractivity contribution in [3.05, 3.63) is 49.6 Å². The molecule has 0 radical (unpaired) electrons. The molecule has 2 aromatic rings. The number of hydrogen-bond acceptors (Lipinski definition) is 8. The number of ether oxygens (including phenoxy) is 1. The molecule has 0 aliphatic carbocycles. The zero-order valence-corrected chi connectivity index (χ0v) is 24.4. The summed E-state index contributed by atoms with van der Waals surface area (Å²) < 4.78 is 6.44. The highest BCUT2D eigenvalue weighted by atomic mass is 32.2. The van der Waals surface area contributed by atoms with Gasteiger partial charge in [0, 0.05) is 24.9 Å². The fourth-order valence-corrected chi connectivity index (χ4v) is 9.43. The van der Waals surface area contributed by atoms with Crippen molar-refractivity contribution >= 4 is 40.6 Å². The molecule has 2 bridgehead atoms. The number of carbonyl (C=O) groups is 3. The van der Waals surface area contributed by atoms with Gasteiger partial charge < -0.3 is 19.6 Å². The number of aromatic nitrogens is 3. The van der Waals surface area contributed by atoms with Crippen molar-refractivity contribution < 1.29 is 24.2 Å². The van der Waals surface area contributed by atoms with Crippen LogP contribution >= 0.6 is 11.8 Å². The maximum atomic E-state index is 14.7. The molecule has 1 aromatic carbocycles. The Bertz CT molecular complexity index is 1320. The van der Waals surface area contributed by atoms with Crippen molar-refractivity contribution in [2.45, 2.75) is 61.7 Å². The van der Waals surface area contributed by atoms with E-state index in [2.05, 4.69) is 30.4 Å². The molecule has 41 heavy (non-hydrogen) atoms. The molecule has 3 fully saturated rings. The van der Waals surface area contributed by atoms with Crippen molar-refractivity contribution in [3.8, 4) is 0 Å². The molecule has 0 saturated carbocycles. The summed E-state index contributed by atoms with van der Waals surface area (Å²) in [6.07, 6.45) is 7.04. The highest BCUT2D eigenvalue weighted by molar-refractivity contribution is 8.02. The number of esters is 1. The summed E-state index contributed by atoms with van der Waals surface area (Å²) in [5, 5.41) is 17.6. The van der Waals surface area contributed by atoms with E-state index in [-0.39, 0.29) is 55.4 Å². The third kappa shape index (κ3) is 5.07. The summed E-state index contributed by atoms with van der Waals surface area (Å²) in [5.74, 6) is -1.86. The average Bonchev–Trinajstić information content (AvgIpc) is 3.69. The van der Waals surface area contributed by atoms with Crippen LogP contribution in [0.15, 0.2) is 49.6 Å². The van der Waals surface area contributed by atoms with E-state index in [1.807, 2.05) is 24.3 Å². The van der Waals surface area contributed by atoms with Gasteiger partial charge in [-0.2, -0.15) is 0 Å². The Kier molecular flexibility index (Phi) is 8.84. The predicted octanol–water partition coefficient (Wildman–Crippen LogP) is 3.02. The van der Waals surface area contributed by atoms with E-state index in [9.17, 15) is 19.5 Å². The van der Waals surface area contributed by atoms with Crippen molar-refractivity contribution in [3.63, 3.8) is 0 Å². The number of benzene rings is 1. The Labute approximate surface area is 244 Å². The van der Waals surface area contributed by atoms with Gasteiger partial charge in [-0.1, -0.05) is 55.8 Å². The highest BCUT2D eigenvalue weighted by Crippen LogP contribution is 2.68. The van der Waals surface area contributed by atoms with Crippen molar-refractivity contribution in [1.82, 2.24) is 24.8 Å². The SMILES string of the molecule is C=CCOC(=O)[C@@H]1[C@H]2C(=O)N(CCCCCCO)C(C(=O)N(CC=C)Cn3nnc4ccccc43)C23S[C@@H]1CC3C. The van der Waals surface area contributed by atoms with Crippen molar-refractivity contribution in [2.75, 3.05) is 26.3 Å². The highest BCUT2D eigenvalue weighted by Gasteiger charge is 2.76.